The lowest BCUT2D eigenvalue weighted by Crippen LogP contribution is -2.34. The van der Waals surface area contributed by atoms with Crippen LogP contribution in [0.5, 0.6) is 0 Å². The molecule has 7 nitrogen and oxygen atoms in total. The molecule has 92 valence electrons. The Morgan fingerprint density at radius 1 is 1.59 bits per heavy atom. The van der Waals surface area contributed by atoms with Crippen molar-refractivity contribution in [1.82, 2.24) is 14.7 Å². The summed E-state index contributed by atoms with van der Waals surface area (Å²) in [7, 11) is 0. The molecule has 2 rings (SSSR count). The maximum Gasteiger partial charge on any atom is 0.307 e. The van der Waals surface area contributed by atoms with Gasteiger partial charge in [-0.25, -0.2) is 0 Å². The normalized spacial score (nSPS) is 20.3. The Morgan fingerprint density at radius 3 is 2.76 bits per heavy atom. The van der Waals surface area contributed by atoms with Crippen LogP contribution < -0.4 is 0 Å². The van der Waals surface area contributed by atoms with Gasteiger partial charge in [0.1, 0.15) is 18.4 Å². The molecule has 0 saturated carbocycles. The van der Waals surface area contributed by atoms with Crippen LogP contribution in [0.1, 0.15) is 26.3 Å². The minimum Gasteiger partial charge on any atom is -0.338 e. The van der Waals surface area contributed by atoms with Gasteiger partial charge in [0.05, 0.1) is 4.92 Å². The number of hydrogen-bond acceptors (Lipinski definition) is 4. The zero-order valence-corrected chi connectivity index (χ0v) is 9.74. The summed E-state index contributed by atoms with van der Waals surface area (Å²) in [4.78, 5) is 23.8. The number of aromatic nitrogens is 2. The number of nitro groups is 1. The van der Waals surface area contributed by atoms with Crippen molar-refractivity contribution in [2.45, 2.75) is 32.4 Å². The topological polar surface area (TPSA) is 81.3 Å². The number of hydrogen-bond donors (Lipinski definition) is 0. The second kappa shape index (κ2) is 4.15. The second-order valence-electron chi connectivity index (χ2n) is 4.37. The molecule has 0 N–H and O–H groups in total. The van der Waals surface area contributed by atoms with E-state index >= 15 is 0 Å². The first-order chi connectivity index (χ1) is 8.00. The van der Waals surface area contributed by atoms with Gasteiger partial charge < -0.3 is 4.90 Å². The fourth-order valence-corrected chi connectivity index (χ4v) is 2.04. The van der Waals surface area contributed by atoms with Crippen LogP contribution in [-0.4, -0.2) is 38.1 Å². The molecule has 7 heteroatoms. The molecule has 2 heterocycles. The first kappa shape index (κ1) is 11.6. The summed E-state index contributed by atoms with van der Waals surface area (Å²) in [5, 5.41) is 14.4. The predicted molar refractivity (Wildman–Crippen MR) is 59.4 cm³/mol. The van der Waals surface area contributed by atoms with Crippen molar-refractivity contribution in [3.63, 3.8) is 0 Å². The highest BCUT2D eigenvalue weighted by atomic mass is 16.6. The van der Waals surface area contributed by atoms with Crippen LogP contribution >= 0.6 is 0 Å². The van der Waals surface area contributed by atoms with Gasteiger partial charge >= 0.3 is 5.69 Å². The number of nitrogens with zero attached hydrogens (tertiary/aromatic N) is 4. The Kier molecular flexibility index (Phi) is 2.83. The van der Waals surface area contributed by atoms with E-state index in [1.165, 1.54) is 17.1 Å². The van der Waals surface area contributed by atoms with Gasteiger partial charge in [-0.3, -0.25) is 19.6 Å². The van der Waals surface area contributed by atoms with Gasteiger partial charge in [0, 0.05) is 12.6 Å². The fourth-order valence-electron chi connectivity index (χ4n) is 2.04. The van der Waals surface area contributed by atoms with Crippen molar-refractivity contribution in [3.8, 4) is 0 Å². The highest BCUT2D eigenvalue weighted by molar-refractivity contribution is 5.82. The van der Waals surface area contributed by atoms with Crippen molar-refractivity contribution in [1.29, 1.82) is 0 Å². The van der Waals surface area contributed by atoms with E-state index in [0.29, 0.717) is 13.0 Å². The molecule has 1 aromatic rings. The van der Waals surface area contributed by atoms with Crippen molar-refractivity contribution in [2.75, 3.05) is 6.54 Å². The van der Waals surface area contributed by atoms with Crippen molar-refractivity contribution in [2.24, 2.45) is 0 Å². The Hall–Kier alpha value is -1.92. The van der Waals surface area contributed by atoms with Crippen LogP contribution in [0.2, 0.25) is 0 Å². The third-order valence-corrected chi connectivity index (χ3v) is 2.95. The molecule has 0 radical (unpaired) electrons. The lowest BCUT2D eigenvalue weighted by atomic mass is 10.2. The van der Waals surface area contributed by atoms with Gasteiger partial charge in [0.25, 0.3) is 0 Å². The molecule has 0 bridgehead atoms. The summed E-state index contributed by atoms with van der Waals surface area (Å²) in [6, 6.07) is -0.246. The molecule has 1 aliphatic heterocycles. The average Bonchev–Trinajstić information content (AvgIpc) is 2.82. The summed E-state index contributed by atoms with van der Waals surface area (Å²) in [6.45, 7) is 4.58. The number of rotatable bonds is 3. The number of carbonyl (C=O) groups excluding carboxylic acids is 1. The van der Waals surface area contributed by atoms with Gasteiger partial charge in [-0.1, -0.05) is 0 Å². The van der Waals surface area contributed by atoms with E-state index in [9.17, 15) is 14.9 Å². The van der Waals surface area contributed by atoms with Gasteiger partial charge in [0.15, 0.2) is 0 Å². The minimum absolute atomic E-state index is 0.0157. The van der Waals surface area contributed by atoms with Crippen LogP contribution in [0.25, 0.3) is 0 Å². The summed E-state index contributed by atoms with van der Waals surface area (Å²) < 4.78 is 1.39. The highest BCUT2D eigenvalue weighted by Crippen LogP contribution is 2.25. The van der Waals surface area contributed by atoms with Gasteiger partial charge in [0.2, 0.25) is 5.91 Å². The van der Waals surface area contributed by atoms with E-state index in [4.69, 9.17) is 0 Å². The Morgan fingerprint density at radius 2 is 2.29 bits per heavy atom. The molecule has 0 unspecified atom stereocenters. The maximum atomic E-state index is 12.0. The molecule has 1 atom stereocenters. The smallest absolute Gasteiger partial charge is 0.307 e. The Labute approximate surface area is 98.2 Å². The van der Waals surface area contributed by atoms with Crippen LogP contribution in [0.4, 0.5) is 5.69 Å². The fraction of sp³-hybridized carbons (Fsp3) is 0.600. The molecule has 0 spiro atoms. The molecular formula is C10H14N4O3. The highest BCUT2D eigenvalue weighted by Gasteiger charge is 2.35. The largest absolute Gasteiger partial charge is 0.338 e. The lowest BCUT2D eigenvalue weighted by Gasteiger charge is -2.20. The minimum atomic E-state index is -0.511. The van der Waals surface area contributed by atoms with Gasteiger partial charge in [-0.2, -0.15) is 5.10 Å². The molecule has 1 aliphatic rings. The zero-order chi connectivity index (χ0) is 12.6. The van der Waals surface area contributed by atoms with E-state index in [1.807, 2.05) is 13.8 Å². The first-order valence-corrected chi connectivity index (χ1v) is 5.49. The van der Waals surface area contributed by atoms with E-state index in [0.717, 1.165) is 0 Å². The van der Waals surface area contributed by atoms with Crippen molar-refractivity contribution >= 4 is 11.6 Å². The van der Waals surface area contributed by atoms with Gasteiger partial charge in [-0.05, 0) is 20.3 Å². The molecule has 1 amide bonds. The van der Waals surface area contributed by atoms with Crippen LogP contribution in [0.15, 0.2) is 12.4 Å². The number of carbonyl (C=O) groups is 1. The van der Waals surface area contributed by atoms with E-state index < -0.39 is 11.0 Å². The van der Waals surface area contributed by atoms with E-state index in [1.54, 1.807) is 4.90 Å². The second-order valence-corrected chi connectivity index (χ2v) is 4.37. The zero-order valence-electron chi connectivity index (χ0n) is 9.74. The number of amides is 1. The molecule has 1 fully saturated rings. The molecule has 0 aliphatic carbocycles. The maximum absolute atomic E-state index is 12.0. The SMILES string of the molecule is CC(C)N1CC[C@@H](n2cc([N+](=O)[O-])cn2)C1=O. The lowest BCUT2D eigenvalue weighted by molar-refractivity contribution is -0.385. The Bertz CT molecular complexity index is 454. The van der Waals surface area contributed by atoms with E-state index in [2.05, 4.69) is 5.10 Å². The predicted octanol–water partition coefficient (Wildman–Crippen LogP) is 0.973. The third-order valence-electron chi connectivity index (χ3n) is 2.95. The molecule has 1 aromatic heterocycles. The summed E-state index contributed by atoms with van der Waals surface area (Å²) >= 11 is 0. The number of likely N-dealkylation sites (tertiary alicyclic amines) is 1. The van der Waals surface area contributed by atoms with Gasteiger partial charge in [-0.15, -0.1) is 0 Å². The van der Waals surface area contributed by atoms with Crippen molar-refractivity contribution in [3.05, 3.63) is 22.5 Å². The quantitative estimate of drug-likeness (QED) is 0.580. The van der Waals surface area contributed by atoms with Crippen LogP contribution in [0, 0.1) is 10.1 Å². The summed E-state index contributed by atoms with van der Waals surface area (Å²) in [5.41, 5.74) is -0.0826. The molecule has 17 heavy (non-hydrogen) atoms. The monoisotopic (exact) mass is 238 g/mol. The van der Waals surface area contributed by atoms with E-state index in [-0.39, 0.29) is 17.6 Å². The average molecular weight is 238 g/mol. The molecule has 0 aromatic carbocycles. The molecule has 1 saturated heterocycles. The standard InChI is InChI=1S/C10H14N4O3/c1-7(2)12-4-3-9(10(12)15)13-6-8(5-11-13)14(16)17/h5-7,9H,3-4H2,1-2H3/t9-/m1/s1. The summed E-state index contributed by atoms with van der Waals surface area (Å²) in [6.07, 6.45) is 3.13. The van der Waals surface area contributed by atoms with Crippen LogP contribution in [0.3, 0.4) is 0 Å². The van der Waals surface area contributed by atoms with Crippen molar-refractivity contribution < 1.29 is 9.72 Å². The van der Waals surface area contributed by atoms with Crippen LogP contribution in [-0.2, 0) is 4.79 Å². The third kappa shape index (κ3) is 2.00. The Balaban J connectivity index is 2.18. The molecular weight excluding hydrogens is 224 g/mol. The first-order valence-electron chi connectivity index (χ1n) is 5.49. The summed E-state index contributed by atoms with van der Waals surface area (Å²) in [5.74, 6) is -0.0157.